The first-order valence-electron chi connectivity index (χ1n) is 9.41. The first-order chi connectivity index (χ1) is 13.2. The molecule has 1 atom stereocenters. The van der Waals surface area contributed by atoms with Gasteiger partial charge in [0.15, 0.2) is 0 Å². The van der Waals surface area contributed by atoms with Gasteiger partial charge < -0.3 is 14.4 Å². The largest absolute Gasteiger partial charge is 0.497 e. The number of methoxy groups -OCH3 is 2. The van der Waals surface area contributed by atoms with Crippen LogP contribution in [0.5, 0.6) is 11.5 Å². The van der Waals surface area contributed by atoms with Gasteiger partial charge in [-0.3, -0.25) is 4.79 Å². The lowest BCUT2D eigenvalue weighted by atomic mass is 10.1. The van der Waals surface area contributed by atoms with Crippen molar-refractivity contribution in [3.63, 3.8) is 0 Å². The van der Waals surface area contributed by atoms with Gasteiger partial charge in [-0.05, 0) is 48.7 Å². The summed E-state index contributed by atoms with van der Waals surface area (Å²) in [7, 11) is 3.31. The van der Waals surface area contributed by atoms with Crippen molar-refractivity contribution in [3.8, 4) is 11.5 Å². The van der Waals surface area contributed by atoms with Gasteiger partial charge in [0.25, 0.3) is 5.91 Å². The van der Waals surface area contributed by atoms with Crippen molar-refractivity contribution < 1.29 is 14.3 Å². The van der Waals surface area contributed by atoms with Gasteiger partial charge in [-0.2, -0.15) is 0 Å². The van der Waals surface area contributed by atoms with E-state index >= 15 is 0 Å². The van der Waals surface area contributed by atoms with Gasteiger partial charge in [-0.25, -0.2) is 0 Å². The number of hydrogen-bond acceptors (Lipinski definition) is 4. The molecule has 1 saturated heterocycles. The number of nitrogens with zero attached hydrogens (tertiary/aromatic N) is 1. The number of aryl methyl sites for hydroxylation is 1. The molecule has 0 spiro atoms. The quantitative estimate of drug-likeness (QED) is 0.677. The number of unbranched alkanes of at least 4 members (excludes halogenated alkanes) is 1. The SMILES string of the molecule is CCCCc1ccc(C(=O)N2CCS[C@H]2c2cc(OC)ccc2OC)cc1. The van der Waals surface area contributed by atoms with E-state index in [9.17, 15) is 4.79 Å². The number of thioether (sulfide) groups is 1. The first-order valence-corrected chi connectivity index (χ1v) is 10.5. The Balaban J connectivity index is 1.83. The third-order valence-electron chi connectivity index (χ3n) is 4.87. The van der Waals surface area contributed by atoms with Crippen molar-refractivity contribution in [1.82, 2.24) is 4.90 Å². The summed E-state index contributed by atoms with van der Waals surface area (Å²) in [6, 6.07) is 13.8. The molecular formula is C22H27NO3S. The average molecular weight is 386 g/mol. The van der Waals surface area contributed by atoms with Gasteiger partial charge >= 0.3 is 0 Å². The van der Waals surface area contributed by atoms with Crippen LogP contribution in [0, 0.1) is 0 Å². The molecule has 0 unspecified atom stereocenters. The zero-order valence-corrected chi connectivity index (χ0v) is 17.1. The highest BCUT2D eigenvalue weighted by Crippen LogP contribution is 2.43. The van der Waals surface area contributed by atoms with Crippen molar-refractivity contribution in [2.45, 2.75) is 31.6 Å². The summed E-state index contributed by atoms with van der Waals surface area (Å²) >= 11 is 1.76. The molecule has 1 aliphatic heterocycles. The monoisotopic (exact) mass is 385 g/mol. The van der Waals surface area contributed by atoms with Crippen LogP contribution in [-0.2, 0) is 6.42 Å². The molecular weight excluding hydrogens is 358 g/mol. The Kier molecular flexibility index (Phi) is 6.67. The molecule has 1 heterocycles. The van der Waals surface area contributed by atoms with Crippen LogP contribution in [0.4, 0.5) is 0 Å². The lowest BCUT2D eigenvalue weighted by Crippen LogP contribution is -2.30. The molecule has 2 aromatic carbocycles. The smallest absolute Gasteiger partial charge is 0.255 e. The van der Waals surface area contributed by atoms with Crippen molar-refractivity contribution in [1.29, 1.82) is 0 Å². The molecule has 144 valence electrons. The Hall–Kier alpha value is -2.14. The standard InChI is InChI=1S/C22H27NO3S/c1-4-5-6-16-7-9-17(10-8-16)21(24)23-13-14-27-22(23)19-15-18(25-2)11-12-20(19)26-3/h7-12,15,22H,4-6,13-14H2,1-3H3/t22-/m0/s1. The molecule has 1 amide bonds. The van der Waals surface area contributed by atoms with Gasteiger partial charge in [0.1, 0.15) is 16.9 Å². The predicted octanol–water partition coefficient (Wildman–Crippen LogP) is 4.93. The minimum absolute atomic E-state index is 0.0666. The van der Waals surface area contributed by atoms with Crippen molar-refractivity contribution in [3.05, 3.63) is 59.2 Å². The minimum atomic E-state index is -0.0673. The molecule has 0 N–H and O–H groups in total. The molecule has 0 radical (unpaired) electrons. The van der Waals surface area contributed by atoms with Crippen LogP contribution in [0.15, 0.2) is 42.5 Å². The zero-order valence-electron chi connectivity index (χ0n) is 16.2. The predicted molar refractivity (Wildman–Crippen MR) is 111 cm³/mol. The van der Waals surface area contributed by atoms with E-state index in [0.29, 0.717) is 0 Å². The van der Waals surface area contributed by atoms with E-state index in [4.69, 9.17) is 9.47 Å². The molecule has 3 rings (SSSR count). The lowest BCUT2D eigenvalue weighted by molar-refractivity contribution is 0.0759. The molecule has 0 aliphatic carbocycles. The number of benzene rings is 2. The maximum atomic E-state index is 13.2. The lowest BCUT2D eigenvalue weighted by Gasteiger charge is -2.26. The number of carbonyl (C=O) groups is 1. The number of hydrogen-bond donors (Lipinski definition) is 0. The maximum absolute atomic E-state index is 13.2. The van der Waals surface area contributed by atoms with Gasteiger partial charge in [0.05, 0.1) is 14.2 Å². The van der Waals surface area contributed by atoms with Crippen LogP contribution in [0.3, 0.4) is 0 Å². The van der Waals surface area contributed by atoms with E-state index in [0.717, 1.165) is 41.3 Å². The fourth-order valence-electron chi connectivity index (χ4n) is 3.33. The highest BCUT2D eigenvalue weighted by molar-refractivity contribution is 7.99. The van der Waals surface area contributed by atoms with Crippen molar-refractivity contribution >= 4 is 17.7 Å². The molecule has 4 nitrogen and oxygen atoms in total. The van der Waals surface area contributed by atoms with Crippen LogP contribution in [0.2, 0.25) is 0 Å². The third-order valence-corrected chi connectivity index (χ3v) is 6.12. The van der Waals surface area contributed by atoms with E-state index in [1.54, 1.807) is 26.0 Å². The van der Waals surface area contributed by atoms with E-state index in [-0.39, 0.29) is 11.3 Å². The molecule has 0 saturated carbocycles. The summed E-state index contributed by atoms with van der Waals surface area (Å²) in [6.07, 6.45) is 3.41. The van der Waals surface area contributed by atoms with E-state index in [1.165, 1.54) is 18.4 Å². The Labute approximate surface area is 165 Å². The fraction of sp³-hybridized carbons (Fsp3) is 0.409. The number of ether oxygens (including phenoxy) is 2. The second kappa shape index (κ2) is 9.18. The maximum Gasteiger partial charge on any atom is 0.255 e. The van der Waals surface area contributed by atoms with Gasteiger partial charge in [0, 0.05) is 23.4 Å². The fourth-order valence-corrected chi connectivity index (χ4v) is 4.60. The second-order valence-electron chi connectivity index (χ2n) is 6.63. The summed E-state index contributed by atoms with van der Waals surface area (Å²) in [6.45, 7) is 2.92. The summed E-state index contributed by atoms with van der Waals surface area (Å²) in [4.78, 5) is 15.1. The number of amides is 1. The molecule has 27 heavy (non-hydrogen) atoms. The number of carbonyl (C=O) groups excluding carboxylic acids is 1. The van der Waals surface area contributed by atoms with Crippen molar-refractivity contribution in [2.24, 2.45) is 0 Å². The number of rotatable bonds is 7. The molecule has 0 bridgehead atoms. The van der Waals surface area contributed by atoms with Crippen LogP contribution >= 0.6 is 11.8 Å². The average Bonchev–Trinajstić information content (AvgIpc) is 3.21. The Morgan fingerprint density at radius 1 is 1.15 bits per heavy atom. The molecule has 1 fully saturated rings. The van der Waals surface area contributed by atoms with Crippen LogP contribution in [-0.4, -0.2) is 37.3 Å². The summed E-state index contributed by atoms with van der Waals surface area (Å²) in [5, 5.41) is -0.0673. The molecule has 1 aliphatic rings. The Morgan fingerprint density at radius 2 is 1.93 bits per heavy atom. The van der Waals surface area contributed by atoms with Gasteiger partial charge in [0.2, 0.25) is 0 Å². The van der Waals surface area contributed by atoms with Gasteiger partial charge in [-0.1, -0.05) is 25.5 Å². The van der Waals surface area contributed by atoms with Crippen LogP contribution in [0.1, 0.15) is 46.6 Å². The van der Waals surface area contributed by atoms with E-state index in [2.05, 4.69) is 19.1 Å². The highest BCUT2D eigenvalue weighted by atomic mass is 32.2. The van der Waals surface area contributed by atoms with Crippen LogP contribution < -0.4 is 9.47 Å². The van der Waals surface area contributed by atoms with E-state index in [1.807, 2.05) is 35.2 Å². The Morgan fingerprint density at radius 3 is 2.59 bits per heavy atom. The molecule has 5 heteroatoms. The van der Waals surface area contributed by atoms with E-state index < -0.39 is 0 Å². The summed E-state index contributed by atoms with van der Waals surface area (Å²) < 4.78 is 10.9. The molecule has 0 aromatic heterocycles. The topological polar surface area (TPSA) is 38.8 Å². The first kappa shape index (κ1) is 19.6. The molecule has 2 aromatic rings. The van der Waals surface area contributed by atoms with Gasteiger partial charge in [-0.15, -0.1) is 11.8 Å². The summed E-state index contributed by atoms with van der Waals surface area (Å²) in [5.74, 6) is 2.52. The normalized spacial score (nSPS) is 16.4. The highest BCUT2D eigenvalue weighted by Gasteiger charge is 2.33. The van der Waals surface area contributed by atoms with Crippen molar-refractivity contribution in [2.75, 3.05) is 26.5 Å². The van der Waals surface area contributed by atoms with Crippen LogP contribution in [0.25, 0.3) is 0 Å². The summed E-state index contributed by atoms with van der Waals surface area (Å²) in [5.41, 5.74) is 3.01. The third kappa shape index (κ3) is 4.41. The minimum Gasteiger partial charge on any atom is -0.497 e. The second-order valence-corrected chi connectivity index (χ2v) is 7.82. The zero-order chi connectivity index (χ0) is 19.2. The Bertz CT molecular complexity index is 776.